The lowest BCUT2D eigenvalue weighted by Crippen LogP contribution is -2.10. The maximum atomic E-state index is 11.8. The maximum Gasteiger partial charge on any atom is 0.389 e. The van der Waals surface area contributed by atoms with Crippen LogP contribution in [0.15, 0.2) is 28.7 Å². The summed E-state index contributed by atoms with van der Waals surface area (Å²) in [6.45, 7) is 0.329. The second-order valence-corrected chi connectivity index (χ2v) is 4.07. The second-order valence-electron chi connectivity index (χ2n) is 3.16. The predicted molar refractivity (Wildman–Crippen MR) is 57.9 cm³/mol. The van der Waals surface area contributed by atoms with Crippen molar-refractivity contribution in [3.05, 3.63) is 28.7 Å². The Morgan fingerprint density at radius 3 is 2.60 bits per heavy atom. The monoisotopic (exact) mass is 281 g/mol. The molecule has 0 saturated heterocycles. The highest BCUT2D eigenvalue weighted by atomic mass is 79.9. The Balaban J connectivity index is 2.26. The van der Waals surface area contributed by atoms with E-state index in [9.17, 15) is 13.2 Å². The number of alkyl halides is 3. The molecular formula is C10H11BrF3N. The Bertz CT molecular complexity index is 312. The van der Waals surface area contributed by atoms with Gasteiger partial charge in [0.15, 0.2) is 0 Å². The third-order valence-corrected chi connectivity index (χ3v) is 2.28. The summed E-state index contributed by atoms with van der Waals surface area (Å²) in [5.41, 5.74) is 0.826. The van der Waals surface area contributed by atoms with Crippen LogP contribution >= 0.6 is 15.9 Å². The molecule has 0 bridgehead atoms. The molecule has 0 aliphatic rings. The van der Waals surface area contributed by atoms with Gasteiger partial charge in [-0.05, 0) is 24.6 Å². The fourth-order valence-corrected chi connectivity index (χ4v) is 1.52. The van der Waals surface area contributed by atoms with Gasteiger partial charge < -0.3 is 5.32 Å². The molecule has 0 aromatic heterocycles. The minimum Gasteiger partial charge on any atom is -0.385 e. The average Bonchev–Trinajstić information content (AvgIpc) is 2.11. The lowest BCUT2D eigenvalue weighted by Gasteiger charge is -2.08. The van der Waals surface area contributed by atoms with Gasteiger partial charge in [-0.25, -0.2) is 0 Å². The van der Waals surface area contributed by atoms with Gasteiger partial charge in [-0.3, -0.25) is 0 Å². The summed E-state index contributed by atoms with van der Waals surface area (Å²) in [5.74, 6) is 0. The third kappa shape index (κ3) is 5.67. The number of halogens is 4. The van der Waals surface area contributed by atoms with E-state index in [0.717, 1.165) is 10.2 Å². The van der Waals surface area contributed by atoms with Gasteiger partial charge in [0.25, 0.3) is 0 Å². The van der Waals surface area contributed by atoms with E-state index in [0.29, 0.717) is 6.54 Å². The third-order valence-electron chi connectivity index (χ3n) is 1.79. The van der Waals surface area contributed by atoms with Crippen LogP contribution in [0.2, 0.25) is 0 Å². The number of benzene rings is 1. The molecule has 0 radical (unpaired) electrons. The van der Waals surface area contributed by atoms with Crippen LogP contribution in [0.3, 0.4) is 0 Å². The van der Waals surface area contributed by atoms with E-state index < -0.39 is 12.6 Å². The highest BCUT2D eigenvalue weighted by Gasteiger charge is 2.25. The van der Waals surface area contributed by atoms with Gasteiger partial charge in [-0.15, -0.1) is 0 Å². The van der Waals surface area contributed by atoms with Crippen molar-refractivity contribution in [2.45, 2.75) is 19.0 Å². The molecule has 0 aliphatic carbocycles. The van der Waals surface area contributed by atoms with Crippen LogP contribution in [-0.4, -0.2) is 12.7 Å². The first-order chi connectivity index (χ1) is 6.97. The van der Waals surface area contributed by atoms with E-state index in [4.69, 9.17) is 0 Å². The lowest BCUT2D eigenvalue weighted by molar-refractivity contribution is -0.134. The largest absolute Gasteiger partial charge is 0.389 e. The molecule has 1 rings (SSSR count). The lowest BCUT2D eigenvalue weighted by atomic mass is 10.3. The molecule has 0 spiro atoms. The summed E-state index contributed by atoms with van der Waals surface area (Å²) >= 11 is 3.28. The zero-order valence-electron chi connectivity index (χ0n) is 7.94. The summed E-state index contributed by atoms with van der Waals surface area (Å²) in [7, 11) is 0. The van der Waals surface area contributed by atoms with Crippen molar-refractivity contribution < 1.29 is 13.2 Å². The van der Waals surface area contributed by atoms with Crippen molar-refractivity contribution in [2.24, 2.45) is 0 Å². The molecule has 1 N–H and O–H groups in total. The summed E-state index contributed by atoms with van der Waals surface area (Å²) in [5, 5.41) is 2.93. The molecule has 0 saturated carbocycles. The Labute approximate surface area is 94.8 Å². The van der Waals surface area contributed by atoms with Crippen LogP contribution in [0.1, 0.15) is 12.8 Å². The average molecular weight is 282 g/mol. The Morgan fingerprint density at radius 1 is 1.27 bits per heavy atom. The molecule has 1 nitrogen and oxygen atoms in total. The highest BCUT2D eigenvalue weighted by molar-refractivity contribution is 9.10. The van der Waals surface area contributed by atoms with E-state index in [1.54, 1.807) is 0 Å². The molecule has 0 fully saturated rings. The molecule has 1 aromatic carbocycles. The summed E-state index contributed by atoms with van der Waals surface area (Å²) < 4.78 is 36.3. The molecule has 15 heavy (non-hydrogen) atoms. The fraction of sp³-hybridized carbons (Fsp3) is 0.400. The summed E-state index contributed by atoms with van der Waals surface area (Å²) in [4.78, 5) is 0. The van der Waals surface area contributed by atoms with E-state index in [1.807, 2.05) is 24.3 Å². The van der Waals surface area contributed by atoms with Gasteiger partial charge in [-0.2, -0.15) is 13.2 Å². The number of anilines is 1. The Kier molecular flexibility index (Phi) is 4.45. The first-order valence-corrected chi connectivity index (χ1v) is 5.33. The van der Waals surface area contributed by atoms with Crippen LogP contribution in [0, 0.1) is 0 Å². The first-order valence-electron chi connectivity index (χ1n) is 4.53. The topological polar surface area (TPSA) is 12.0 Å². The number of hydrogen-bond donors (Lipinski definition) is 1. The number of hydrogen-bond acceptors (Lipinski definition) is 1. The zero-order valence-corrected chi connectivity index (χ0v) is 9.53. The second kappa shape index (κ2) is 5.39. The minimum absolute atomic E-state index is 0.0933. The molecule has 0 amide bonds. The predicted octanol–water partition coefficient (Wildman–Crippen LogP) is 4.20. The van der Waals surface area contributed by atoms with Gasteiger partial charge in [0.05, 0.1) is 0 Å². The van der Waals surface area contributed by atoms with Gasteiger partial charge in [0.1, 0.15) is 0 Å². The van der Waals surface area contributed by atoms with Crippen molar-refractivity contribution in [1.29, 1.82) is 0 Å². The van der Waals surface area contributed by atoms with E-state index in [1.165, 1.54) is 0 Å². The van der Waals surface area contributed by atoms with Crippen LogP contribution < -0.4 is 5.32 Å². The van der Waals surface area contributed by atoms with Crippen LogP contribution in [-0.2, 0) is 0 Å². The number of nitrogens with one attached hydrogen (secondary N) is 1. The van der Waals surface area contributed by atoms with E-state index in [-0.39, 0.29) is 6.42 Å². The minimum atomic E-state index is -4.06. The van der Waals surface area contributed by atoms with Crippen LogP contribution in [0.25, 0.3) is 0 Å². The normalized spacial score (nSPS) is 11.5. The van der Waals surface area contributed by atoms with Crippen molar-refractivity contribution in [1.82, 2.24) is 0 Å². The standard InChI is InChI=1S/C10H11BrF3N/c11-8-3-1-4-9(7-8)15-6-2-5-10(12,13)14/h1,3-4,7,15H,2,5-6H2. The highest BCUT2D eigenvalue weighted by Crippen LogP contribution is 2.21. The van der Waals surface area contributed by atoms with Gasteiger partial charge in [0, 0.05) is 23.1 Å². The van der Waals surface area contributed by atoms with E-state index in [2.05, 4.69) is 21.2 Å². The van der Waals surface area contributed by atoms with Crippen molar-refractivity contribution in [2.75, 3.05) is 11.9 Å². The van der Waals surface area contributed by atoms with E-state index >= 15 is 0 Å². The van der Waals surface area contributed by atoms with Crippen molar-refractivity contribution in [3.8, 4) is 0 Å². The van der Waals surface area contributed by atoms with Crippen molar-refractivity contribution in [3.63, 3.8) is 0 Å². The van der Waals surface area contributed by atoms with Crippen molar-refractivity contribution >= 4 is 21.6 Å². The quantitative estimate of drug-likeness (QED) is 0.816. The van der Waals surface area contributed by atoms with Gasteiger partial charge >= 0.3 is 6.18 Å². The zero-order chi connectivity index (χ0) is 11.3. The van der Waals surface area contributed by atoms with Crippen LogP contribution in [0.5, 0.6) is 0 Å². The maximum absolute atomic E-state index is 11.8. The van der Waals surface area contributed by atoms with Crippen LogP contribution in [0.4, 0.5) is 18.9 Å². The fourth-order valence-electron chi connectivity index (χ4n) is 1.12. The summed E-state index contributed by atoms with van der Waals surface area (Å²) in [6, 6.07) is 7.34. The molecule has 84 valence electrons. The molecule has 0 heterocycles. The Morgan fingerprint density at radius 2 is 2.00 bits per heavy atom. The SMILES string of the molecule is FC(F)(F)CCCNc1cccc(Br)c1. The molecule has 0 aliphatic heterocycles. The molecule has 0 atom stereocenters. The van der Waals surface area contributed by atoms with Gasteiger partial charge in [0.2, 0.25) is 0 Å². The number of rotatable bonds is 4. The molecule has 1 aromatic rings. The molecule has 0 unspecified atom stereocenters. The molecule has 5 heteroatoms. The van der Waals surface area contributed by atoms with Gasteiger partial charge in [-0.1, -0.05) is 22.0 Å². The molecular weight excluding hydrogens is 271 g/mol. The smallest absolute Gasteiger partial charge is 0.385 e. The Hall–Kier alpha value is -0.710. The summed E-state index contributed by atoms with van der Waals surface area (Å²) in [6.07, 6.45) is -4.71. The first kappa shape index (κ1) is 12.4.